The van der Waals surface area contributed by atoms with E-state index in [1.807, 2.05) is 0 Å². The van der Waals surface area contributed by atoms with E-state index in [0.29, 0.717) is 6.10 Å². The summed E-state index contributed by atoms with van der Waals surface area (Å²) >= 11 is 0. The van der Waals surface area contributed by atoms with Crippen LogP contribution in [0.25, 0.3) is 0 Å². The lowest BCUT2D eigenvalue weighted by Crippen LogP contribution is -2.49. The summed E-state index contributed by atoms with van der Waals surface area (Å²) in [6, 6.07) is 0. The van der Waals surface area contributed by atoms with E-state index in [0.717, 1.165) is 25.7 Å². The van der Waals surface area contributed by atoms with Crippen LogP contribution in [-0.4, -0.2) is 22.9 Å². The zero-order chi connectivity index (χ0) is 9.10. The van der Waals surface area contributed by atoms with Gasteiger partial charge in [-0.05, 0) is 25.7 Å². The van der Waals surface area contributed by atoms with Gasteiger partial charge < -0.3 is 9.84 Å². The summed E-state index contributed by atoms with van der Waals surface area (Å²) in [5.41, 5.74) is -0.0897. The summed E-state index contributed by atoms with van der Waals surface area (Å²) in [5.74, 6) is 0. The molecule has 0 amide bonds. The molecule has 1 aliphatic heterocycles. The van der Waals surface area contributed by atoms with E-state index in [9.17, 15) is 5.11 Å². The summed E-state index contributed by atoms with van der Waals surface area (Å²) in [4.78, 5) is 0. The van der Waals surface area contributed by atoms with Gasteiger partial charge in [0.15, 0.2) is 0 Å². The number of hydrogen-bond donors (Lipinski definition) is 1. The van der Waals surface area contributed by atoms with Gasteiger partial charge in [0.1, 0.15) is 5.60 Å². The average Bonchev–Trinajstić information content (AvgIpc) is 2.79. The molecular weight excluding hydrogens is 164 g/mol. The summed E-state index contributed by atoms with van der Waals surface area (Å²) in [6.45, 7) is 2.15. The molecule has 3 aliphatic rings. The molecule has 1 saturated carbocycles. The number of ether oxygens (including phenoxy) is 1. The largest absolute Gasteiger partial charge is 0.392 e. The highest BCUT2D eigenvalue weighted by molar-refractivity contribution is 5.28. The molecule has 3 rings (SSSR count). The smallest absolute Gasteiger partial charge is 0.106 e. The molecule has 2 nitrogen and oxygen atoms in total. The quantitative estimate of drug-likeness (QED) is 0.454. The number of aliphatic hydroxyl groups excluding tert-OH is 1. The first kappa shape index (κ1) is 8.01. The van der Waals surface area contributed by atoms with Crippen LogP contribution in [0.1, 0.15) is 32.6 Å². The molecule has 1 saturated heterocycles. The summed E-state index contributed by atoms with van der Waals surface area (Å²) in [7, 11) is 0. The van der Waals surface area contributed by atoms with Crippen molar-refractivity contribution < 1.29 is 9.84 Å². The number of epoxide rings is 1. The van der Waals surface area contributed by atoms with E-state index in [1.54, 1.807) is 0 Å². The van der Waals surface area contributed by atoms with Crippen molar-refractivity contribution in [1.82, 2.24) is 0 Å². The highest BCUT2D eigenvalue weighted by Crippen LogP contribution is 2.62. The third-order valence-corrected chi connectivity index (χ3v) is 4.26. The lowest BCUT2D eigenvalue weighted by Gasteiger charge is -2.43. The Hall–Kier alpha value is -0.340. The van der Waals surface area contributed by atoms with Crippen LogP contribution < -0.4 is 0 Å². The Labute approximate surface area is 78.6 Å². The molecular formula is C11H16O2. The standard InChI is InChI=1S/C11H16O2/c1-10-6-3-5-9-11(10,13-9)7-2-4-8(10)12/h3,6,8-9,12H,2,4-5,7H2,1H3/t8-,9+,10+,11+/m0/s1. The molecule has 1 N–H and O–H groups in total. The second kappa shape index (κ2) is 2.18. The predicted octanol–water partition coefficient (Wildman–Crippen LogP) is 1.64. The topological polar surface area (TPSA) is 32.8 Å². The predicted molar refractivity (Wildman–Crippen MR) is 49.3 cm³/mol. The van der Waals surface area contributed by atoms with Crippen molar-refractivity contribution in [3.05, 3.63) is 12.2 Å². The number of rotatable bonds is 0. The monoisotopic (exact) mass is 180 g/mol. The Bertz CT molecular complexity index is 273. The molecule has 2 heteroatoms. The van der Waals surface area contributed by atoms with Crippen LogP contribution in [0.5, 0.6) is 0 Å². The first-order valence-electron chi connectivity index (χ1n) is 5.23. The third kappa shape index (κ3) is 0.767. The minimum Gasteiger partial charge on any atom is -0.392 e. The lowest BCUT2D eigenvalue weighted by atomic mass is 9.61. The van der Waals surface area contributed by atoms with Gasteiger partial charge in [0.2, 0.25) is 0 Å². The second-order valence-electron chi connectivity index (χ2n) is 4.82. The zero-order valence-electron chi connectivity index (χ0n) is 7.99. The van der Waals surface area contributed by atoms with Gasteiger partial charge in [0.05, 0.1) is 12.2 Å². The summed E-state index contributed by atoms with van der Waals surface area (Å²) in [5, 5.41) is 10.0. The molecule has 2 fully saturated rings. The minimum atomic E-state index is -0.206. The first-order chi connectivity index (χ1) is 6.19. The van der Waals surface area contributed by atoms with Crippen LogP contribution in [0.2, 0.25) is 0 Å². The van der Waals surface area contributed by atoms with Gasteiger partial charge in [-0.2, -0.15) is 0 Å². The van der Waals surface area contributed by atoms with Crippen molar-refractivity contribution in [1.29, 1.82) is 0 Å². The molecule has 0 aromatic heterocycles. The highest BCUT2D eigenvalue weighted by atomic mass is 16.6. The molecule has 72 valence electrons. The van der Waals surface area contributed by atoms with E-state index in [-0.39, 0.29) is 17.1 Å². The fourth-order valence-electron chi connectivity index (χ4n) is 3.25. The van der Waals surface area contributed by atoms with Crippen LogP contribution in [0, 0.1) is 5.41 Å². The zero-order valence-corrected chi connectivity index (χ0v) is 7.99. The number of hydrogen-bond acceptors (Lipinski definition) is 2. The first-order valence-corrected chi connectivity index (χ1v) is 5.23. The Morgan fingerprint density at radius 3 is 3.15 bits per heavy atom. The fraction of sp³-hybridized carbons (Fsp3) is 0.818. The van der Waals surface area contributed by atoms with E-state index >= 15 is 0 Å². The van der Waals surface area contributed by atoms with Crippen molar-refractivity contribution >= 4 is 0 Å². The van der Waals surface area contributed by atoms with Crippen molar-refractivity contribution in [2.24, 2.45) is 5.41 Å². The molecule has 1 spiro atoms. The maximum absolute atomic E-state index is 10.0. The van der Waals surface area contributed by atoms with Gasteiger partial charge in [-0.25, -0.2) is 0 Å². The van der Waals surface area contributed by atoms with Crippen LogP contribution in [-0.2, 0) is 4.74 Å². The highest BCUT2D eigenvalue weighted by Gasteiger charge is 2.69. The average molecular weight is 180 g/mol. The molecule has 0 bridgehead atoms. The summed E-state index contributed by atoms with van der Waals surface area (Å²) in [6.07, 6.45) is 8.77. The van der Waals surface area contributed by atoms with Gasteiger partial charge in [-0.15, -0.1) is 0 Å². The molecule has 0 unspecified atom stereocenters. The maximum Gasteiger partial charge on any atom is 0.106 e. The lowest BCUT2D eigenvalue weighted by molar-refractivity contribution is -0.0270. The van der Waals surface area contributed by atoms with Crippen molar-refractivity contribution in [2.45, 2.75) is 50.4 Å². The Kier molecular flexibility index (Phi) is 1.34. The number of aliphatic hydroxyl groups is 1. The molecule has 1 heterocycles. The van der Waals surface area contributed by atoms with Gasteiger partial charge in [0, 0.05) is 5.41 Å². The van der Waals surface area contributed by atoms with E-state index in [1.165, 1.54) is 0 Å². The molecule has 4 atom stereocenters. The second-order valence-corrected chi connectivity index (χ2v) is 4.82. The van der Waals surface area contributed by atoms with Crippen LogP contribution in [0.4, 0.5) is 0 Å². The van der Waals surface area contributed by atoms with Crippen molar-refractivity contribution in [3.8, 4) is 0 Å². The van der Waals surface area contributed by atoms with Crippen LogP contribution in [0.3, 0.4) is 0 Å². The van der Waals surface area contributed by atoms with E-state index < -0.39 is 0 Å². The molecule has 0 aromatic carbocycles. The van der Waals surface area contributed by atoms with E-state index in [2.05, 4.69) is 19.1 Å². The fourth-order valence-corrected chi connectivity index (χ4v) is 3.25. The SMILES string of the molecule is C[C@]12C=CC[C@H]3O[C@]31CCC[C@@H]2O. The molecule has 0 aromatic rings. The van der Waals surface area contributed by atoms with Crippen LogP contribution >= 0.6 is 0 Å². The van der Waals surface area contributed by atoms with Crippen molar-refractivity contribution in [3.63, 3.8) is 0 Å². The minimum absolute atomic E-state index is 0.0133. The van der Waals surface area contributed by atoms with E-state index in [4.69, 9.17) is 4.74 Å². The van der Waals surface area contributed by atoms with Crippen LogP contribution in [0.15, 0.2) is 12.2 Å². The summed E-state index contributed by atoms with van der Waals surface area (Å²) < 4.78 is 5.82. The Morgan fingerprint density at radius 2 is 2.38 bits per heavy atom. The maximum atomic E-state index is 10.0. The van der Waals surface area contributed by atoms with Gasteiger partial charge in [-0.3, -0.25) is 0 Å². The van der Waals surface area contributed by atoms with Gasteiger partial charge in [0.25, 0.3) is 0 Å². The third-order valence-electron chi connectivity index (χ3n) is 4.26. The van der Waals surface area contributed by atoms with Gasteiger partial charge >= 0.3 is 0 Å². The molecule has 2 aliphatic carbocycles. The molecule has 0 radical (unpaired) electrons. The Morgan fingerprint density at radius 1 is 1.54 bits per heavy atom. The van der Waals surface area contributed by atoms with Gasteiger partial charge in [-0.1, -0.05) is 19.1 Å². The Balaban J connectivity index is 2.04. The normalized spacial score (nSPS) is 58.3. The molecule has 13 heavy (non-hydrogen) atoms. The van der Waals surface area contributed by atoms with Crippen molar-refractivity contribution in [2.75, 3.05) is 0 Å².